The van der Waals surface area contributed by atoms with Crippen LogP contribution < -0.4 is 5.32 Å². The molecule has 17 heavy (non-hydrogen) atoms. The largest absolute Gasteiger partial charge is 0.361 e. The molecule has 0 unspecified atom stereocenters. The van der Waals surface area contributed by atoms with Crippen molar-refractivity contribution in [3.05, 3.63) is 17.8 Å². The number of aryl methyl sites for hydroxylation is 1. The van der Waals surface area contributed by atoms with Crippen molar-refractivity contribution in [2.45, 2.75) is 44.6 Å². The first-order valence-electron chi connectivity index (χ1n) is 5.98. The maximum atomic E-state index is 13.8. The Labute approximate surface area is 106 Å². The van der Waals surface area contributed by atoms with E-state index in [1.807, 2.05) is 0 Å². The van der Waals surface area contributed by atoms with Gasteiger partial charge in [-0.15, -0.1) is 11.6 Å². The van der Waals surface area contributed by atoms with Gasteiger partial charge in [0.15, 0.2) is 11.6 Å². The summed E-state index contributed by atoms with van der Waals surface area (Å²) in [7, 11) is 0. The summed E-state index contributed by atoms with van der Waals surface area (Å²) < 4.78 is 13.8. The van der Waals surface area contributed by atoms with E-state index in [0.717, 1.165) is 25.7 Å². The van der Waals surface area contributed by atoms with Gasteiger partial charge in [0.1, 0.15) is 6.33 Å². The van der Waals surface area contributed by atoms with Crippen molar-refractivity contribution >= 4 is 17.4 Å². The summed E-state index contributed by atoms with van der Waals surface area (Å²) in [5.74, 6) is 0.387. The minimum Gasteiger partial charge on any atom is -0.361 e. The molecule has 0 aromatic carbocycles. The van der Waals surface area contributed by atoms with Crippen LogP contribution in [0.1, 0.15) is 37.8 Å². The van der Waals surface area contributed by atoms with Gasteiger partial charge in [0, 0.05) is 5.88 Å². The standard InChI is InChI=1S/C12H17ClFN3/c1-9-10(14)11(16-8-15-9)17-12(7-13)5-3-2-4-6-12/h8H,2-7H2,1H3,(H,15,16,17). The van der Waals surface area contributed by atoms with Gasteiger partial charge in [0.25, 0.3) is 0 Å². The molecule has 5 heteroatoms. The molecular formula is C12H17ClFN3. The Kier molecular flexibility index (Phi) is 3.82. The summed E-state index contributed by atoms with van der Waals surface area (Å²) in [5.41, 5.74) is 0.157. The number of rotatable bonds is 3. The van der Waals surface area contributed by atoms with Crippen LogP contribution in [0.3, 0.4) is 0 Å². The van der Waals surface area contributed by atoms with E-state index in [0.29, 0.717) is 11.6 Å². The third-order valence-corrected chi connectivity index (χ3v) is 3.93. The molecule has 0 bridgehead atoms. The van der Waals surface area contributed by atoms with Crippen LogP contribution in [-0.2, 0) is 0 Å². The van der Waals surface area contributed by atoms with Crippen LogP contribution in [0.15, 0.2) is 6.33 Å². The zero-order valence-corrected chi connectivity index (χ0v) is 10.7. The molecule has 1 aromatic rings. The van der Waals surface area contributed by atoms with Crippen LogP contribution >= 0.6 is 11.6 Å². The van der Waals surface area contributed by atoms with Gasteiger partial charge in [-0.05, 0) is 19.8 Å². The van der Waals surface area contributed by atoms with Crippen LogP contribution in [0.5, 0.6) is 0 Å². The summed E-state index contributed by atoms with van der Waals surface area (Å²) in [6.45, 7) is 1.64. The van der Waals surface area contributed by atoms with Crippen molar-refractivity contribution in [1.82, 2.24) is 9.97 Å². The molecule has 1 aromatic heterocycles. The van der Waals surface area contributed by atoms with Crippen molar-refractivity contribution in [2.24, 2.45) is 0 Å². The monoisotopic (exact) mass is 257 g/mol. The molecule has 1 aliphatic rings. The number of alkyl halides is 1. The van der Waals surface area contributed by atoms with Gasteiger partial charge in [0.2, 0.25) is 0 Å². The second-order valence-electron chi connectivity index (χ2n) is 4.72. The average Bonchev–Trinajstić information content (AvgIpc) is 2.36. The molecule has 1 fully saturated rings. The molecule has 94 valence electrons. The number of hydrogen-bond donors (Lipinski definition) is 1. The summed E-state index contributed by atoms with van der Waals surface area (Å²) in [6, 6.07) is 0. The van der Waals surface area contributed by atoms with E-state index < -0.39 is 0 Å². The Morgan fingerprint density at radius 2 is 2.06 bits per heavy atom. The SMILES string of the molecule is Cc1ncnc(NC2(CCl)CCCCC2)c1F. The molecule has 0 saturated heterocycles. The normalized spacial score (nSPS) is 19.0. The van der Waals surface area contributed by atoms with E-state index in [2.05, 4.69) is 15.3 Å². The van der Waals surface area contributed by atoms with Gasteiger partial charge < -0.3 is 5.32 Å². The lowest BCUT2D eigenvalue weighted by atomic mass is 9.83. The van der Waals surface area contributed by atoms with Gasteiger partial charge in [-0.3, -0.25) is 0 Å². The molecule has 0 amide bonds. The highest BCUT2D eigenvalue weighted by Gasteiger charge is 2.32. The number of anilines is 1. The van der Waals surface area contributed by atoms with Gasteiger partial charge >= 0.3 is 0 Å². The van der Waals surface area contributed by atoms with Crippen molar-refractivity contribution in [1.29, 1.82) is 0 Å². The van der Waals surface area contributed by atoms with Crippen molar-refractivity contribution in [3.8, 4) is 0 Å². The number of hydrogen-bond acceptors (Lipinski definition) is 3. The number of nitrogens with zero attached hydrogens (tertiary/aromatic N) is 2. The Bertz CT molecular complexity index is 391. The highest BCUT2D eigenvalue weighted by molar-refractivity contribution is 6.18. The van der Waals surface area contributed by atoms with E-state index in [1.165, 1.54) is 12.7 Å². The van der Waals surface area contributed by atoms with Crippen molar-refractivity contribution in [3.63, 3.8) is 0 Å². The first-order valence-corrected chi connectivity index (χ1v) is 6.52. The van der Waals surface area contributed by atoms with Crippen molar-refractivity contribution < 1.29 is 4.39 Å². The van der Waals surface area contributed by atoms with E-state index >= 15 is 0 Å². The molecule has 0 atom stereocenters. The average molecular weight is 258 g/mol. The minimum atomic E-state index is -0.373. The van der Waals surface area contributed by atoms with Crippen LogP contribution in [0.25, 0.3) is 0 Å². The van der Waals surface area contributed by atoms with Gasteiger partial charge in [-0.1, -0.05) is 19.3 Å². The third-order valence-electron chi connectivity index (χ3n) is 3.41. The lowest BCUT2D eigenvalue weighted by Gasteiger charge is -2.37. The second-order valence-corrected chi connectivity index (χ2v) is 4.99. The molecule has 1 N–H and O–H groups in total. The molecule has 1 aliphatic carbocycles. The molecule has 1 heterocycles. The van der Waals surface area contributed by atoms with E-state index in [4.69, 9.17) is 11.6 Å². The fraction of sp³-hybridized carbons (Fsp3) is 0.667. The van der Waals surface area contributed by atoms with E-state index in [-0.39, 0.29) is 17.2 Å². The molecular weight excluding hydrogens is 241 g/mol. The highest BCUT2D eigenvalue weighted by Crippen LogP contribution is 2.32. The predicted molar refractivity (Wildman–Crippen MR) is 66.9 cm³/mol. The molecule has 2 rings (SSSR count). The molecule has 0 spiro atoms. The predicted octanol–water partition coefficient (Wildman–Crippen LogP) is 3.28. The van der Waals surface area contributed by atoms with Gasteiger partial charge in [0.05, 0.1) is 11.2 Å². The van der Waals surface area contributed by atoms with Gasteiger partial charge in [-0.2, -0.15) is 0 Å². The fourth-order valence-electron chi connectivity index (χ4n) is 2.32. The van der Waals surface area contributed by atoms with Gasteiger partial charge in [-0.25, -0.2) is 14.4 Å². The summed E-state index contributed by atoms with van der Waals surface area (Å²) in [5, 5.41) is 3.20. The summed E-state index contributed by atoms with van der Waals surface area (Å²) in [4.78, 5) is 7.79. The van der Waals surface area contributed by atoms with Crippen LogP contribution in [0.2, 0.25) is 0 Å². The Hall–Kier alpha value is -0.900. The molecule has 1 saturated carbocycles. The quantitative estimate of drug-likeness (QED) is 0.845. The molecule has 0 radical (unpaired) electrons. The molecule has 3 nitrogen and oxygen atoms in total. The second kappa shape index (κ2) is 5.17. The third kappa shape index (κ3) is 2.68. The Balaban J connectivity index is 2.20. The fourth-order valence-corrected chi connectivity index (χ4v) is 2.65. The number of aromatic nitrogens is 2. The number of nitrogens with one attached hydrogen (secondary N) is 1. The number of halogens is 2. The van der Waals surface area contributed by atoms with Crippen LogP contribution in [0.4, 0.5) is 10.2 Å². The molecule has 0 aliphatic heterocycles. The lowest BCUT2D eigenvalue weighted by Crippen LogP contribution is -2.42. The zero-order chi connectivity index (χ0) is 12.3. The van der Waals surface area contributed by atoms with Crippen molar-refractivity contribution in [2.75, 3.05) is 11.2 Å². The lowest BCUT2D eigenvalue weighted by molar-refractivity contribution is 0.350. The zero-order valence-electron chi connectivity index (χ0n) is 9.97. The Morgan fingerprint density at radius 1 is 1.35 bits per heavy atom. The maximum absolute atomic E-state index is 13.8. The van der Waals surface area contributed by atoms with Crippen LogP contribution in [0, 0.1) is 12.7 Å². The van der Waals surface area contributed by atoms with Crippen LogP contribution in [-0.4, -0.2) is 21.4 Å². The highest BCUT2D eigenvalue weighted by atomic mass is 35.5. The summed E-state index contributed by atoms with van der Waals surface area (Å²) >= 11 is 6.05. The maximum Gasteiger partial charge on any atom is 0.186 e. The smallest absolute Gasteiger partial charge is 0.186 e. The minimum absolute atomic E-state index is 0.207. The van der Waals surface area contributed by atoms with E-state index in [1.54, 1.807) is 6.92 Å². The van der Waals surface area contributed by atoms with E-state index in [9.17, 15) is 4.39 Å². The topological polar surface area (TPSA) is 37.8 Å². The summed E-state index contributed by atoms with van der Waals surface area (Å²) in [6.07, 6.45) is 6.81. The first-order chi connectivity index (χ1) is 8.17. The first kappa shape index (κ1) is 12.6. The Morgan fingerprint density at radius 3 is 2.71 bits per heavy atom.